The van der Waals surface area contributed by atoms with E-state index >= 15 is 0 Å². The number of benzene rings is 2. The zero-order valence-corrected chi connectivity index (χ0v) is 12.7. The van der Waals surface area contributed by atoms with E-state index in [1.807, 2.05) is 13.0 Å². The van der Waals surface area contributed by atoms with E-state index in [0.29, 0.717) is 16.1 Å². The van der Waals surface area contributed by atoms with Gasteiger partial charge in [0.05, 0.1) is 4.90 Å². The highest BCUT2D eigenvalue weighted by molar-refractivity contribution is 7.90. The van der Waals surface area contributed by atoms with Gasteiger partial charge in [-0.3, -0.25) is 0 Å². The van der Waals surface area contributed by atoms with E-state index in [-0.39, 0.29) is 4.90 Å². The normalized spacial score (nSPS) is 13.2. The van der Waals surface area contributed by atoms with Crippen molar-refractivity contribution in [2.75, 3.05) is 6.26 Å². The van der Waals surface area contributed by atoms with Crippen LogP contribution in [-0.4, -0.2) is 19.8 Å². The lowest BCUT2D eigenvalue weighted by Gasteiger charge is -2.13. The van der Waals surface area contributed by atoms with Crippen LogP contribution in [-0.2, 0) is 9.84 Å². The van der Waals surface area contributed by atoms with Gasteiger partial charge < -0.3 is 5.11 Å². The highest BCUT2D eigenvalue weighted by atomic mass is 35.5. The molecule has 0 aliphatic rings. The summed E-state index contributed by atoms with van der Waals surface area (Å²) in [5, 5.41) is 10.9. The van der Waals surface area contributed by atoms with Crippen LogP contribution in [0.1, 0.15) is 22.8 Å². The van der Waals surface area contributed by atoms with Gasteiger partial charge in [-0.05, 0) is 41.8 Å². The molecule has 2 aromatic rings. The molecule has 0 saturated carbocycles. The molecule has 5 heteroatoms. The molecule has 0 fully saturated rings. The Kier molecular flexibility index (Phi) is 4.18. The topological polar surface area (TPSA) is 54.4 Å². The molecule has 0 radical (unpaired) electrons. The van der Waals surface area contributed by atoms with Gasteiger partial charge in [0.2, 0.25) is 0 Å². The molecule has 2 aromatic carbocycles. The molecule has 0 aliphatic carbocycles. The van der Waals surface area contributed by atoms with Gasteiger partial charge in [0.1, 0.15) is 6.10 Å². The lowest BCUT2D eigenvalue weighted by molar-refractivity contribution is 0.220. The third-order valence-corrected chi connectivity index (χ3v) is 4.63. The van der Waals surface area contributed by atoms with Crippen molar-refractivity contribution in [1.82, 2.24) is 0 Å². The van der Waals surface area contributed by atoms with E-state index < -0.39 is 15.9 Å². The van der Waals surface area contributed by atoms with E-state index in [2.05, 4.69) is 0 Å². The second-order valence-electron chi connectivity index (χ2n) is 4.76. The van der Waals surface area contributed by atoms with Crippen LogP contribution in [0.5, 0.6) is 0 Å². The minimum absolute atomic E-state index is 0.187. The average Bonchev–Trinajstić information content (AvgIpc) is 2.40. The first-order valence-electron chi connectivity index (χ1n) is 6.03. The number of sulfone groups is 1. The minimum atomic E-state index is -3.29. The Morgan fingerprint density at radius 1 is 1.10 bits per heavy atom. The summed E-state index contributed by atoms with van der Waals surface area (Å²) in [5.74, 6) is 0. The third-order valence-electron chi connectivity index (χ3n) is 3.11. The predicted molar refractivity (Wildman–Crippen MR) is 79.8 cm³/mol. The molecule has 106 valence electrons. The summed E-state index contributed by atoms with van der Waals surface area (Å²) in [6, 6.07) is 11.6. The van der Waals surface area contributed by atoms with Gasteiger partial charge in [0.15, 0.2) is 9.84 Å². The lowest BCUT2D eigenvalue weighted by Crippen LogP contribution is -2.03. The van der Waals surface area contributed by atoms with Crippen LogP contribution in [0.25, 0.3) is 0 Å². The summed E-state index contributed by atoms with van der Waals surface area (Å²) >= 11 is 6.04. The van der Waals surface area contributed by atoms with E-state index in [0.717, 1.165) is 11.8 Å². The maximum absolute atomic E-state index is 11.5. The number of hydrogen-bond acceptors (Lipinski definition) is 3. The number of halogens is 1. The Hall–Kier alpha value is -1.36. The number of aliphatic hydroxyl groups excluding tert-OH is 1. The van der Waals surface area contributed by atoms with Crippen molar-refractivity contribution in [2.24, 2.45) is 0 Å². The maximum Gasteiger partial charge on any atom is 0.175 e. The van der Waals surface area contributed by atoms with Crippen LogP contribution < -0.4 is 0 Å². The number of hydrogen-bond donors (Lipinski definition) is 1. The zero-order chi connectivity index (χ0) is 14.9. The number of aryl methyl sites for hydroxylation is 1. The summed E-state index contributed by atoms with van der Waals surface area (Å²) in [7, 11) is -3.29. The van der Waals surface area contributed by atoms with E-state index in [1.165, 1.54) is 12.1 Å². The number of aliphatic hydroxyl groups is 1. The molecule has 0 spiro atoms. The van der Waals surface area contributed by atoms with Crippen molar-refractivity contribution in [3.05, 3.63) is 64.2 Å². The molecule has 0 amide bonds. The summed E-state index contributed by atoms with van der Waals surface area (Å²) in [6.07, 6.45) is 0.233. The Balaban J connectivity index is 2.43. The summed E-state index contributed by atoms with van der Waals surface area (Å²) in [5.41, 5.74) is 2.08. The van der Waals surface area contributed by atoms with Crippen LogP contribution in [0.15, 0.2) is 47.4 Å². The van der Waals surface area contributed by atoms with Gasteiger partial charge in [-0.2, -0.15) is 0 Å². The average molecular weight is 311 g/mol. The standard InChI is InChI=1S/C15H15ClO3S/c1-10-6-7-12(9-14(10)16)15(17)11-4-3-5-13(8-11)20(2,18)19/h3-9,15,17H,1-2H3. The van der Waals surface area contributed by atoms with Gasteiger partial charge in [-0.1, -0.05) is 35.9 Å². The van der Waals surface area contributed by atoms with Gasteiger partial charge in [-0.15, -0.1) is 0 Å². The maximum atomic E-state index is 11.5. The molecule has 1 unspecified atom stereocenters. The Morgan fingerprint density at radius 2 is 1.75 bits per heavy atom. The second kappa shape index (κ2) is 5.56. The molecular formula is C15H15ClO3S. The Bertz CT molecular complexity index is 739. The fourth-order valence-corrected chi connectivity index (χ4v) is 2.75. The fraction of sp³-hybridized carbons (Fsp3) is 0.200. The summed E-state index contributed by atoms with van der Waals surface area (Å²) in [6.45, 7) is 1.88. The zero-order valence-electron chi connectivity index (χ0n) is 11.2. The Morgan fingerprint density at radius 3 is 2.35 bits per heavy atom. The van der Waals surface area contributed by atoms with Gasteiger partial charge in [0, 0.05) is 11.3 Å². The van der Waals surface area contributed by atoms with Crippen LogP contribution in [0.2, 0.25) is 5.02 Å². The van der Waals surface area contributed by atoms with Gasteiger partial charge in [-0.25, -0.2) is 8.42 Å². The van der Waals surface area contributed by atoms with E-state index in [9.17, 15) is 13.5 Å². The third kappa shape index (κ3) is 3.20. The largest absolute Gasteiger partial charge is 0.384 e. The summed E-state index contributed by atoms with van der Waals surface area (Å²) < 4.78 is 23.1. The smallest absolute Gasteiger partial charge is 0.175 e. The molecule has 0 heterocycles. The van der Waals surface area contributed by atoms with Crippen LogP contribution in [0.4, 0.5) is 0 Å². The van der Waals surface area contributed by atoms with Crippen molar-refractivity contribution in [1.29, 1.82) is 0 Å². The molecule has 0 aliphatic heterocycles. The Labute approximate surface area is 123 Å². The molecule has 3 nitrogen and oxygen atoms in total. The quantitative estimate of drug-likeness (QED) is 0.947. The van der Waals surface area contributed by atoms with E-state index in [1.54, 1.807) is 24.3 Å². The van der Waals surface area contributed by atoms with Crippen molar-refractivity contribution < 1.29 is 13.5 Å². The monoisotopic (exact) mass is 310 g/mol. The first kappa shape index (κ1) is 15.0. The molecule has 1 atom stereocenters. The highest BCUT2D eigenvalue weighted by Gasteiger charge is 2.14. The van der Waals surface area contributed by atoms with Crippen molar-refractivity contribution in [3.63, 3.8) is 0 Å². The molecule has 0 saturated heterocycles. The predicted octanol–water partition coefficient (Wildman–Crippen LogP) is 3.13. The van der Waals surface area contributed by atoms with Crippen LogP contribution in [0.3, 0.4) is 0 Å². The second-order valence-corrected chi connectivity index (χ2v) is 7.18. The minimum Gasteiger partial charge on any atom is -0.384 e. The molecule has 1 N–H and O–H groups in total. The van der Waals surface area contributed by atoms with E-state index in [4.69, 9.17) is 11.6 Å². The number of rotatable bonds is 3. The van der Waals surface area contributed by atoms with Gasteiger partial charge >= 0.3 is 0 Å². The van der Waals surface area contributed by atoms with Crippen molar-refractivity contribution in [2.45, 2.75) is 17.9 Å². The van der Waals surface area contributed by atoms with Crippen molar-refractivity contribution >= 4 is 21.4 Å². The van der Waals surface area contributed by atoms with Gasteiger partial charge in [0.25, 0.3) is 0 Å². The fourth-order valence-electron chi connectivity index (χ4n) is 1.89. The van der Waals surface area contributed by atoms with Crippen LogP contribution >= 0.6 is 11.6 Å². The SMILES string of the molecule is Cc1ccc(C(O)c2cccc(S(C)(=O)=O)c2)cc1Cl. The van der Waals surface area contributed by atoms with Crippen LogP contribution in [0, 0.1) is 6.92 Å². The molecule has 0 bridgehead atoms. The highest BCUT2D eigenvalue weighted by Crippen LogP contribution is 2.27. The first-order valence-corrected chi connectivity index (χ1v) is 8.30. The molecule has 20 heavy (non-hydrogen) atoms. The molecule has 2 rings (SSSR count). The van der Waals surface area contributed by atoms with Crippen molar-refractivity contribution in [3.8, 4) is 0 Å². The summed E-state index contributed by atoms with van der Waals surface area (Å²) in [4.78, 5) is 0.187. The lowest BCUT2D eigenvalue weighted by atomic mass is 10.0. The first-order chi connectivity index (χ1) is 9.29. The molecular weight excluding hydrogens is 296 g/mol. The molecule has 0 aromatic heterocycles.